The van der Waals surface area contributed by atoms with Crippen molar-refractivity contribution < 1.29 is 82.1 Å². The van der Waals surface area contributed by atoms with Crippen molar-refractivity contribution in [2.45, 2.75) is 357 Å². The Kier molecular flexibility index (Phi) is 63.4. The average Bonchev–Trinajstić information content (AvgIpc) is 1.69. The largest absolute Gasteiger partial charge is 0.508 e. The first-order chi connectivity index (χ1) is 67.7. The van der Waals surface area contributed by atoms with Gasteiger partial charge in [-0.2, -0.15) is 0 Å². The maximum atomic E-state index is 14.8. The predicted octanol–water partition coefficient (Wildman–Crippen LogP) is 6.32. The van der Waals surface area contributed by atoms with Crippen LogP contribution in [0.2, 0.25) is 0 Å². The van der Waals surface area contributed by atoms with Crippen LogP contribution in [0, 0.1) is 65.1 Å². The lowest BCUT2D eigenvalue weighted by molar-refractivity contribution is -0.136. The molecule has 2 aromatic heterocycles. The first-order valence-corrected chi connectivity index (χ1v) is 51.4. The molecule has 0 bridgehead atoms. The van der Waals surface area contributed by atoms with E-state index in [2.05, 4.69) is 84.0 Å². The number of Topliss-reactive ketones (excluding diaryl/α,β-unsaturated/α-hetero) is 7. The second kappa shape index (κ2) is 71.4. The number of carbonyl (C=O) groups excluding carboxylic acids is 15. The van der Waals surface area contributed by atoms with Crippen LogP contribution in [0.4, 0.5) is 0 Å². The van der Waals surface area contributed by atoms with Crippen LogP contribution in [0.1, 0.15) is 312 Å². The lowest BCUT2D eigenvalue weighted by atomic mass is 9.85. The Morgan fingerprint density at radius 1 is 0.385 bits per heavy atom. The van der Waals surface area contributed by atoms with Gasteiger partial charge in [-0.3, -0.25) is 91.9 Å². The monoisotopic (exact) mass is 2010 g/mol. The minimum atomic E-state index is -1.38. The number of aliphatic hydroxyl groups excluding tert-OH is 1. The van der Waals surface area contributed by atoms with Crippen LogP contribution in [0.5, 0.6) is 5.75 Å². The van der Waals surface area contributed by atoms with Crippen molar-refractivity contribution in [1.29, 1.82) is 0 Å². The highest BCUT2D eigenvalue weighted by Gasteiger charge is 2.39. The van der Waals surface area contributed by atoms with E-state index in [1.54, 1.807) is 59.1 Å². The minimum absolute atomic E-state index is 0.0264. The molecule has 0 aliphatic heterocycles. The number of ketones is 7. The quantitative estimate of drug-likeness (QED) is 0.0167. The van der Waals surface area contributed by atoms with E-state index in [-0.39, 0.29) is 205 Å². The Bertz CT molecular complexity index is 4470. The highest BCUT2D eigenvalue weighted by molar-refractivity contribution is 6.00. The van der Waals surface area contributed by atoms with E-state index in [4.69, 9.17) is 51.6 Å². The predicted molar refractivity (Wildman–Crippen MR) is 554 cm³/mol. The van der Waals surface area contributed by atoms with Gasteiger partial charge in [-0.1, -0.05) is 172 Å². The molecule has 1 aromatic carbocycles. The maximum absolute atomic E-state index is 14.8. The molecule has 0 spiro atoms. The summed E-state index contributed by atoms with van der Waals surface area (Å²) in [6, 6.07) is -0.961. The molecule has 0 aliphatic carbocycles. The second-order valence-corrected chi connectivity index (χ2v) is 39.3. The molecule has 3 rings (SSSR count). The zero-order valence-electron chi connectivity index (χ0n) is 87.2. The van der Waals surface area contributed by atoms with Gasteiger partial charge in [0.05, 0.1) is 61.4 Å². The smallest absolute Gasteiger partial charge is 0.224 e. The molecule has 2 heterocycles. The van der Waals surface area contributed by atoms with Crippen molar-refractivity contribution in [3.8, 4) is 5.75 Å². The van der Waals surface area contributed by atoms with E-state index in [9.17, 15) is 82.1 Å². The number of imidazole rings is 2. The number of nitrogens with two attached hydrogens (primary N) is 9. The number of aromatic hydroxyl groups is 1. The zero-order valence-corrected chi connectivity index (χ0v) is 87.2. The van der Waals surface area contributed by atoms with E-state index in [1.165, 1.54) is 95.9 Å². The van der Waals surface area contributed by atoms with Gasteiger partial charge in [0.1, 0.15) is 11.8 Å². The summed E-state index contributed by atoms with van der Waals surface area (Å²) in [5.41, 5.74) is 52.5. The maximum Gasteiger partial charge on any atom is 0.224 e. The first kappa shape index (κ1) is 127. The van der Waals surface area contributed by atoms with Crippen LogP contribution in [0.25, 0.3) is 0 Å². The van der Waals surface area contributed by atoms with Gasteiger partial charge >= 0.3 is 0 Å². The zero-order chi connectivity index (χ0) is 107. The molecule has 804 valence electrons. The molecule has 29 N–H and O–H groups in total. The van der Waals surface area contributed by atoms with Gasteiger partial charge in [0.15, 0.2) is 64.3 Å². The van der Waals surface area contributed by atoms with Crippen molar-refractivity contribution in [1.82, 2.24) is 57.2 Å². The van der Waals surface area contributed by atoms with Gasteiger partial charge in [0.25, 0.3) is 0 Å². The van der Waals surface area contributed by atoms with Gasteiger partial charge < -0.3 is 109 Å². The molecule has 41 nitrogen and oxygen atoms in total. The molecular formula is C102H174N24O17. The van der Waals surface area contributed by atoms with Crippen molar-refractivity contribution in [2.24, 2.45) is 137 Å². The summed E-state index contributed by atoms with van der Waals surface area (Å²) in [6.07, 6.45) is 23.4. The summed E-state index contributed by atoms with van der Waals surface area (Å²) in [5, 5.41) is 39.7. The molecule has 143 heavy (non-hydrogen) atoms. The van der Waals surface area contributed by atoms with Crippen LogP contribution < -0.4 is 88.8 Å². The Morgan fingerprint density at radius 2 is 0.783 bits per heavy atom. The van der Waals surface area contributed by atoms with Gasteiger partial charge in [-0.05, 0) is 139 Å². The van der Waals surface area contributed by atoms with Crippen LogP contribution in [-0.4, -0.2) is 217 Å². The third-order valence-corrected chi connectivity index (χ3v) is 25.5. The summed E-state index contributed by atoms with van der Waals surface area (Å²) in [5.74, 6) is -15.1. The van der Waals surface area contributed by atoms with E-state index in [1.807, 2.05) is 41.5 Å². The SMILES string of the molecule is CCCCCCCCCCCCCCCC(=O)N[C@@H](Cc1cnc[nH]1)C(=O)C[C@@H](C)C(=O)N[C@H](C(=O)C[C@@H](Cc1cnc[nH]1)C(=O)N[C@@H](C)C(C)=O)C(C)C.CC[C@@H](Cc1ccc(O)cc1)C(=O)N[C@@H](CCCN=C(N)N)C(=O)C[C@@H](CCCN=C(N)N)C(=O)N[C@@H](CCCN=C(N)N)C(=O)C[C@@H](CCCN=C(N)N)C(=O)N[C@@H](CC(C)C)C(=O)C[C@@H](CC(C)C)C(=O)N[C@@H](CO)C(=O)C[C@H](C(N)=O)[C@@H](C)CC. The Hall–Kier alpha value is -12.1. The van der Waals surface area contributed by atoms with Crippen molar-refractivity contribution >= 4 is 112 Å². The lowest BCUT2D eigenvalue weighted by Crippen LogP contribution is -2.50. The molecule has 0 saturated heterocycles. The van der Waals surface area contributed by atoms with Crippen molar-refractivity contribution in [3.05, 3.63) is 66.3 Å². The Labute approximate surface area is 845 Å². The number of aromatic amines is 2. The number of amides is 8. The molecule has 0 unspecified atom stereocenters. The Balaban J connectivity index is 0.00000107. The Morgan fingerprint density at radius 3 is 1.20 bits per heavy atom. The number of aromatic nitrogens is 4. The third kappa shape index (κ3) is 54.8. The minimum Gasteiger partial charge on any atom is -0.508 e. The number of phenolic OH excluding ortho intramolecular Hbond substituents is 1. The average molecular weight is 2010 g/mol. The number of rotatable bonds is 78. The highest BCUT2D eigenvalue weighted by Crippen LogP contribution is 2.28. The molecule has 41 heteroatoms. The number of H-pyrrole nitrogens is 2. The van der Waals surface area contributed by atoms with Gasteiger partial charge in [0.2, 0.25) is 47.3 Å². The third-order valence-electron chi connectivity index (χ3n) is 25.5. The fourth-order valence-corrected chi connectivity index (χ4v) is 16.7. The number of phenols is 1. The van der Waals surface area contributed by atoms with Gasteiger partial charge in [0, 0.05) is 143 Å². The number of guanidine groups is 4. The molecule has 0 saturated carbocycles. The summed E-state index contributed by atoms with van der Waals surface area (Å²) in [7, 11) is 0. The summed E-state index contributed by atoms with van der Waals surface area (Å²) < 4.78 is 0. The molecular weight excluding hydrogens is 1830 g/mol. The van der Waals surface area contributed by atoms with E-state index in [0.717, 1.165) is 24.8 Å². The number of nitrogens with one attached hydrogen (secondary N) is 9. The van der Waals surface area contributed by atoms with E-state index < -0.39 is 168 Å². The lowest BCUT2D eigenvalue weighted by Gasteiger charge is -2.27. The van der Waals surface area contributed by atoms with Crippen molar-refractivity contribution in [2.75, 3.05) is 32.8 Å². The summed E-state index contributed by atoms with van der Waals surface area (Å²) in [6.45, 7) is 22.8. The number of aliphatic hydroxyl groups is 1. The summed E-state index contributed by atoms with van der Waals surface area (Å²) in [4.78, 5) is 236. The molecule has 3 aromatic rings. The van der Waals surface area contributed by atoms with Crippen LogP contribution in [0.3, 0.4) is 0 Å². The van der Waals surface area contributed by atoms with Crippen LogP contribution in [0.15, 0.2) is 69.3 Å². The molecule has 15 atom stereocenters. The number of unbranched alkanes of at least 4 members (excludes halogenated alkanes) is 12. The fourth-order valence-electron chi connectivity index (χ4n) is 16.7. The first-order valence-electron chi connectivity index (χ1n) is 51.4. The highest BCUT2D eigenvalue weighted by atomic mass is 16.3. The number of benzene rings is 1. The number of primary amides is 1. The number of hydrogen-bond acceptors (Lipinski definition) is 23. The van der Waals surface area contributed by atoms with Gasteiger partial charge in [-0.15, -0.1) is 0 Å². The normalized spacial score (nSPS) is 14.4. The van der Waals surface area contributed by atoms with E-state index in [0.29, 0.717) is 37.1 Å². The van der Waals surface area contributed by atoms with E-state index >= 15 is 0 Å². The molecule has 0 radical (unpaired) electrons. The molecule has 8 amide bonds. The summed E-state index contributed by atoms with van der Waals surface area (Å²) >= 11 is 0. The van der Waals surface area contributed by atoms with Crippen LogP contribution in [-0.2, 0) is 91.2 Å². The number of nitrogens with zero attached hydrogens (tertiary/aromatic N) is 6. The fraction of sp³-hybridized carbons (Fsp3) is 0.696. The molecule has 0 fully saturated rings. The van der Waals surface area contributed by atoms with Crippen molar-refractivity contribution in [3.63, 3.8) is 0 Å². The number of aliphatic imine (C=N–C) groups is 4. The number of carbonyl (C=O) groups is 15. The second-order valence-electron chi connectivity index (χ2n) is 39.3. The number of hydrogen-bond donors (Lipinski definition) is 20. The standard InChI is InChI=1S/C60H105N17O11.C42H69N7O6/c1-8-36(7)43(52(61)84)32-51(83)47(33-78)77-56(88)41(26-34(3)4)31-50(82)46(27-35(5)6)76-55(87)40(15-11-23-71-58(64)65)30-49(81)45(17-13-25-73-60(68)69)75-54(86)39(14-10-22-70-57(62)63)29-48(80)44(16-12-24-72-59(66)67)74-53(85)38(9-2)28-37-18-20-42(79)21-19-37;1-7-8-9-10-11-12-13-14-15-16-17-18-19-20-39(53)48-36(24-35-26-44-28-46-35)37(51)21-30(4)41(54)49-40(29(2)3)38(52)23-33(22-34-25-43-27-45-34)42(55)47-31(5)32(6)50/h18-21,34-36,38-41,43-47,78-79H,8-17,22-33H2,1-7H3,(H2,61,84)(H,74,85)(H,75,86)(H,76,87)(H,77,88)(H4,62,63,70)(H4,64,65,71)(H4,66,67,72)(H4,68,69,73);25-31,33,36,40H,7-24H2,1-6H3,(H,43,45)(H,44,46)(H,47,55)(H,48,53)(H,49,54)/t36-,38-,39+,40+,41+,43-,44-,45-,46-,47-;30-,31+,33-,36+,40+/m01/s1. The van der Waals surface area contributed by atoms with Crippen LogP contribution >= 0.6 is 0 Å². The topological polar surface area (TPSA) is 722 Å². The molecule has 0 aliphatic rings. The van der Waals surface area contributed by atoms with Gasteiger partial charge in [-0.25, -0.2) is 9.97 Å².